The van der Waals surface area contributed by atoms with Crippen LogP contribution in [-0.4, -0.2) is 9.38 Å². The van der Waals surface area contributed by atoms with Gasteiger partial charge in [-0.1, -0.05) is 28.8 Å². The third kappa shape index (κ3) is 3.06. The SMILES string of the molecule is Cc1cc(C)n2c(C3(N)CCCC3)c(-c3ccc(Br)cc3F)nc2c1.Cl. The molecule has 0 amide bonds. The van der Waals surface area contributed by atoms with E-state index in [1.54, 1.807) is 6.07 Å². The van der Waals surface area contributed by atoms with Crippen molar-refractivity contribution in [2.24, 2.45) is 5.73 Å². The van der Waals surface area contributed by atoms with Gasteiger partial charge in [0.2, 0.25) is 0 Å². The summed E-state index contributed by atoms with van der Waals surface area (Å²) < 4.78 is 17.6. The molecule has 1 aliphatic rings. The summed E-state index contributed by atoms with van der Waals surface area (Å²) in [6.07, 6.45) is 3.99. The van der Waals surface area contributed by atoms with E-state index in [1.807, 2.05) is 12.1 Å². The van der Waals surface area contributed by atoms with E-state index in [0.717, 1.165) is 52.8 Å². The Balaban J connectivity index is 0.00000196. The topological polar surface area (TPSA) is 43.3 Å². The Bertz CT molecular complexity index is 977. The molecular formula is C20H22BrClFN3. The summed E-state index contributed by atoms with van der Waals surface area (Å²) in [5.74, 6) is -0.282. The van der Waals surface area contributed by atoms with E-state index < -0.39 is 5.54 Å². The van der Waals surface area contributed by atoms with Gasteiger partial charge in [0.15, 0.2) is 0 Å². The number of nitrogens with zero attached hydrogens (tertiary/aromatic N) is 2. The molecule has 3 aromatic rings. The summed E-state index contributed by atoms with van der Waals surface area (Å²) in [7, 11) is 0. The van der Waals surface area contributed by atoms with Crippen molar-refractivity contribution < 1.29 is 4.39 Å². The molecule has 6 heteroatoms. The minimum absolute atomic E-state index is 0. The number of benzene rings is 1. The Morgan fingerprint density at radius 1 is 1.15 bits per heavy atom. The predicted molar refractivity (Wildman–Crippen MR) is 109 cm³/mol. The minimum atomic E-state index is -0.464. The highest BCUT2D eigenvalue weighted by Gasteiger charge is 2.38. The molecule has 0 aliphatic heterocycles. The third-order valence-electron chi connectivity index (χ3n) is 5.20. The third-order valence-corrected chi connectivity index (χ3v) is 5.70. The van der Waals surface area contributed by atoms with Crippen LogP contribution in [0.2, 0.25) is 0 Å². The number of hydrogen-bond acceptors (Lipinski definition) is 2. The molecule has 0 bridgehead atoms. The van der Waals surface area contributed by atoms with Gasteiger partial charge in [0.05, 0.1) is 16.9 Å². The minimum Gasteiger partial charge on any atom is -0.320 e. The highest BCUT2D eigenvalue weighted by Crippen LogP contribution is 2.42. The molecule has 1 aromatic carbocycles. The van der Waals surface area contributed by atoms with Gasteiger partial charge < -0.3 is 5.73 Å². The maximum atomic E-state index is 14.7. The zero-order valence-corrected chi connectivity index (χ0v) is 17.3. The van der Waals surface area contributed by atoms with E-state index in [9.17, 15) is 4.39 Å². The van der Waals surface area contributed by atoms with E-state index in [1.165, 1.54) is 6.07 Å². The number of halogens is 3. The number of aryl methyl sites for hydroxylation is 2. The van der Waals surface area contributed by atoms with Gasteiger partial charge in [-0.25, -0.2) is 9.37 Å². The zero-order chi connectivity index (χ0) is 17.8. The van der Waals surface area contributed by atoms with Crippen LogP contribution >= 0.6 is 28.3 Å². The van der Waals surface area contributed by atoms with Crippen molar-refractivity contribution in [3.8, 4) is 11.3 Å². The number of pyridine rings is 1. The lowest BCUT2D eigenvalue weighted by atomic mass is 9.90. The van der Waals surface area contributed by atoms with Crippen molar-refractivity contribution in [1.82, 2.24) is 9.38 Å². The highest BCUT2D eigenvalue weighted by atomic mass is 79.9. The smallest absolute Gasteiger partial charge is 0.138 e. The first-order chi connectivity index (χ1) is 11.9. The van der Waals surface area contributed by atoms with Gasteiger partial charge in [-0.15, -0.1) is 12.4 Å². The lowest BCUT2D eigenvalue weighted by Crippen LogP contribution is -2.35. The first-order valence-electron chi connectivity index (χ1n) is 8.63. The maximum absolute atomic E-state index is 14.7. The van der Waals surface area contributed by atoms with Crippen LogP contribution in [0.25, 0.3) is 16.9 Å². The number of nitrogens with two attached hydrogens (primary N) is 1. The van der Waals surface area contributed by atoms with E-state index in [-0.39, 0.29) is 18.2 Å². The Hall–Kier alpha value is -1.43. The van der Waals surface area contributed by atoms with Crippen molar-refractivity contribution in [3.05, 3.63) is 57.6 Å². The largest absolute Gasteiger partial charge is 0.320 e. The fourth-order valence-electron chi connectivity index (χ4n) is 4.10. The number of fused-ring (bicyclic) bond motifs is 1. The molecule has 3 nitrogen and oxygen atoms in total. The van der Waals surface area contributed by atoms with Gasteiger partial charge in [0, 0.05) is 15.7 Å². The lowest BCUT2D eigenvalue weighted by Gasteiger charge is -2.26. The molecule has 1 saturated carbocycles. The molecule has 0 saturated heterocycles. The van der Waals surface area contributed by atoms with Gasteiger partial charge >= 0.3 is 0 Å². The molecule has 2 N–H and O–H groups in total. The van der Waals surface area contributed by atoms with Crippen molar-refractivity contribution >= 4 is 34.0 Å². The van der Waals surface area contributed by atoms with Gasteiger partial charge in [0.1, 0.15) is 11.5 Å². The first-order valence-corrected chi connectivity index (χ1v) is 9.43. The highest BCUT2D eigenvalue weighted by molar-refractivity contribution is 9.10. The molecule has 2 heterocycles. The number of rotatable bonds is 2. The summed E-state index contributed by atoms with van der Waals surface area (Å²) in [6, 6.07) is 9.28. The quantitative estimate of drug-likeness (QED) is 0.560. The standard InChI is InChI=1S/C20H21BrFN3.ClH/c1-12-9-13(2)25-17(10-12)24-18(15-6-5-14(21)11-16(15)22)19(25)20(23)7-3-4-8-20;/h5-6,9-11H,3-4,7-8,23H2,1-2H3;1H. The second-order valence-corrected chi connectivity index (χ2v) is 8.08. The van der Waals surface area contributed by atoms with E-state index in [0.29, 0.717) is 11.3 Å². The number of hydrogen-bond donors (Lipinski definition) is 1. The fraction of sp³-hybridized carbons (Fsp3) is 0.350. The molecule has 0 unspecified atom stereocenters. The Morgan fingerprint density at radius 2 is 1.85 bits per heavy atom. The molecule has 2 aromatic heterocycles. The van der Waals surface area contributed by atoms with Crippen LogP contribution < -0.4 is 5.73 Å². The molecule has 1 fully saturated rings. The second kappa shape index (κ2) is 6.95. The number of imidazole rings is 1. The Labute approximate surface area is 167 Å². The van der Waals surface area contributed by atoms with Gasteiger partial charge in [-0.05, 0) is 62.6 Å². The molecular weight excluding hydrogens is 417 g/mol. The molecule has 1 aliphatic carbocycles. The first kappa shape index (κ1) is 19.3. The average Bonchev–Trinajstić information content (AvgIpc) is 3.12. The van der Waals surface area contributed by atoms with Gasteiger partial charge in [-0.2, -0.15) is 0 Å². The van der Waals surface area contributed by atoms with Crippen molar-refractivity contribution in [3.63, 3.8) is 0 Å². The second-order valence-electron chi connectivity index (χ2n) is 7.16. The summed E-state index contributed by atoms with van der Waals surface area (Å²) in [5, 5.41) is 0. The summed E-state index contributed by atoms with van der Waals surface area (Å²) in [6.45, 7) is 4.11. The average molecular weight is 439 g/mol. The van der Waals surface area contributed by atoms with Crippen LogP contribution in [0, 0.1) is 19.7 Å². The Morgan fingerprint density at radius 3 is 2.50 bits per heavy atom. The van der Waals surface area contributed by atoms with Gasteiger partial charge in [-0.3, -0.25) is 4.40 Å². The zero-order valence-electron chi connectivity index (χ0n) is 14.9. The lowest BCUT2D eigenvalue weighted by molar-refractivity contribution is 0.444. The van der Waals surface area contributed by atoms with E-state index in [4.69, 9.17) is 10.7 Å². The van der Waals surface area contributed by atoms with Gasteiger partial charge in [0.25, 0.3) is 0 Å². The van der Waals surface area contributed by atoms with Crippen molar-refractivity contribution in [2.45, 2.75) is 45.1 Å². The van der Waals surface area contributed by atoms with Crippen LogP contribution in [0.15, 0.2) is 34.8 Å². The molecule has 0 atom stereocenters. The molecule has 4 rings (SSSR count). The van der Waals surface area contributed by atoms with Crippen molar-refractivity contribution in [2.75, 3.05) is 0 Å². The molecule has 138 valence electrons. The molecule has 0 radical (unpaired) electrons. The van der Waals surface area contributed by atoms with Crippen LogP contribution in [0.4, 0.5) is 4.39 Å². The van der Waals surface area contributed by atoms with Crippen LogP contribution in [0.5, 0.6) is 0 Å². The normalized spacial score (nSPS) is 16.0. The fourth-order valence-corrected chi connectivity index (χ4v) is 4.43. The summed E-state index contributed by atoms with van der Waals surface area (Å²) in [4.78, 5) is 4.81. The maximum Gasteiger partial charge on any atom is 0.138 e. The monoisotopic (exact) mass is 437 g/mol. The molecule has 0 spiro atoms. The predicted octanol–water partition coefficient (Wildman–Crippen LogP) is 5.67. The number of aromatic nitrogens is 2. The van der Waals surface area contributed by atoms with Crippen molar-refractivity contribution in [1.29, 1.82) is 0 Å². The summed E-state index contributed by atoms with van der Waals surface area (Å²) >= 11 is 3.33. The van der Waals surface area contributed by atoms with E-state index >= 15 is 0 Å². The van der Waals surface area contributed by atoms with Crippen LogP contribution in [0.1, 0.15) is 42.6 Å². The molecule has 26 heavy (non-hydrogen) atoms. The van der Waals surface area contributed by atoms with E-state index in [2.05, 4.69) is 40.2 Å². The Kier molecular flexibility index (Phi) is 5.17. The van der Waals surface area contributed by atoms with Crippen LogP contribution in [0.3, 0.4) is 0 Å². The van der Waals surface area contributed by atoms with Crippen LogP contribution in [-0.2, 0) is 5.54 Å². The summed E-state index contributed by atoms with van der Waals surface area (Å²) in [5.41, 5.74) is 11.5.